The van der Waals surface area contributed by atoms with Gasteiger partial charge in [-0.1, -0.05) is 17.7 Å². The van der Waals surface area contributed by atoms with Gasteiger partial charge in [-0.2, -0.15) is 0 Å². The van der Waals surface area contributed by atoms with Crippen molar-refractivity contribution >= 4 is 40.8 Å². The van der Waals surface area contributed by atoms with E-state index in [-0.39, 0.29) is 5.91 Å². The molecule has 0 atom stereocenters. The van der Waals surface area contributed by atoms with Gasteiger partial charge in [0.1, 0.15) is 0 Å². The Morgan fingerprint density at radius 3 is 2.71 bits per heavy atom. The van der Waals surface area contributed by atoms with Crippen LogP contribution in [0.3, 0.4) is 0 Å². The van der Waals surface area contributed by atoms with Crippen LogP contribution < -0.4 is 10.2 Å². The van der Waals surface area contributed by atoms with Crippen LogP contribution in [0.2, 0.25) is 5.02 Å². The number of ether oxygens (including phenoxy) is 1. The van der Waals surface area contributed by atoms with Gasteiger partial charge >= 0.3 is 0 Å². The molecule has 24 heavy (non-hydrogen) atoms. The third kappa shape index (κ3) is 2.86. The number of carbonyl (C=O) groups is 1. The van der Waals surface area contributed by atoms with Gasteiger partial charge in [-0.3, -0.25) is 4.79 Å². The molecule has 0 bridgehead atoms. The number of hydrogen-bond donors (Lipinski definition) is 1. The lowest BCUT2D eigenvalue weighted by molar-refractivity contribution is -0.110. The normalized spacial score (nSPS) is 18.6. The predicted octanol–water partition coefficient (Wildman–Crippen LogP) is 2.46. The first-order valence-electron chi connectivity index (χ1n) is 7.68. The molecule has 1 aromatic carbocycles. The van der Waals surface area contributed by atoms with Gasteiger partial charge in [0.15, 0.2) is 0 Å². The molecule has 0 radical (unpaired) electrons. The van der Waals surface area contributed by atoms with Crippen LogP contribution in [0.25, 0.3) is 11.6 Å². The third-order valence-electron chi connectivity index (χ3n) is 4.03. The number of morpholine rings is 1. The molecular weight excluding hydrogens is 328 g/mol. The maximum Gasteiger partial charge on any atom is 0.256 e. The van der Waals surface area contributed by atoms with Gasteiger partial charge in [-0.05, 0) is 18.2 Å². The summed E-state index contributed by atoms with van der Waals surface area (Å²) < 4.78 is 5.33. The van der Waals surface area contributed by atoms with E-state index in [1.807, 2.05) is 6.07 Å². The highest BCUT2D eigenvalue weighted by Gasteiger charge is 2.24. The molecular formula is C17H15ClN4O2. The van der Waals surface area contributed by atoms with Crippen molar-refractivity contribution in [3.8, 4) is 0 Å². The van der Waals surface area contributed by atoms with Crippen LogP contribution in [0.15, 0.2) is 30.6 Å². The summed E-state index contributed by atoms with van der Waals surface area (Å²) in [6.45, 7) is 2.96. The van der Waals surface area contributed by atoms with Crippen LogP contribution in [0.5, 0.6) is 0 Å². The van der Waals surface area contributed by atoms with Crippen LogP contribution in [-0.2, 0) is 9.53 Å². The fraction of sp³-hybridized carbons (Fsp3) is 0.235. The van der Waals surface area contributed by atoms with Gasteiger partial charge in [0.05, 0.1) is 18.9 Å². The fourth-order valence-electron chi connectivity index (χ4n) is 2.81. The minimum atomic E-state index is -0.149. The van der Waals surface area contributed by atoms with Crippen LogP contribution in [0, 0.1) is 0 Å². The molecule has 0 aliphatic carbocycles. The predicted molar refractivity (Wildman–Crippen MR) is 93.0 cm³/mol. The van der Waals surface area contributed by atoms with E-state index in [4.69, 9.17) is 16.3 Å². The van der Waals surface area contributed by atoms with Crippen LogP contribution in [0.4, 0.5) is 11.6 Å². The van der Waals surface area contributed by atoms with Crippen LogP contribution in [-0.4, -0.2) is 42.2 Å². The lowest BCUT2D eigenvalue weighted by atomic mass is 10.1. The summed E-state index contributed by atoms with van der Waals surface area (Å²) in [6.07, 6.45) is 5.25. The zero-order chi connectivity index (χ0) is 16.5. The first-order chi connectivity index (χ1) is 11.7. The maximum absolute atomic E-state index is 12.2. The van der Waals surface area contributed by atoms with Crippen LogP contribution >= 0.6 is 11.6 Å². The number of aromatic nitrogens is 2. The zero-order valence-electron chi connectivity index (χ0n) is 12.8. The van der Waals surface area contributed by atoms with Gasteiger partial charge in [-0.15, -0.1) is 0 Å². The summed E-state index contributed by atoms with van der Waals surface area (Å²) in [5.74, 6) is 0.535. The molecule has 3 heterocycles. The minimum absolute atomic E-state index is 0.149. The summed E-state index contributed by atoms with van der Waals surface area (Å²) in [7, 11) is 0. The molecule has 1 saturated heterocycles. The van der Waals surface area contributed by atoms with E-state index < -0.39 is 0 Å². The van der Waals surface area contributed by atoms with Crippen molar-refractivity contribution in [3.05, 3.63) is 46.7 Å². The molecule has 1 N–H and O–H groups in total. The standard InChI is InChI=1S/C17H15ClN4O2/c18-12-1-2-13-14(16(23)21-15(13)8-12)7-11-9-19-17(20-10-11)22-3-5-24-6-4-22/h1-2,7-10H,3-6H2,(H,21,23). The molecule has 122 valence electrons. The SMILES string of the molecule is O=C1Nc2cc(Cl)ccc2C1=Cc1cnc(N2CCOCC2)nc1. The molecule has 1 aromatic heterocycles. The van der Waals surface area contributed by atoms with E-state index in [0.29, 0.717) is 29.8 Å². The number of hydrogen-bond acceptors (Lipinski definition) is 5. The van der Waals surface area contributed by atoms with Crippen molar-refractivity contribution in [1.82, 2.24) is 9.97 Å². The lowest BCUT2D eigenvalue weighted by Crippen LogP contribution is -2.37. The Morgan fingerprint density at radius 2 is 1.96 bits per heavy atom. The summed E-state index contributed by atoms with van der Waals surface area (Å²) in [6, 6.07) is 5.35. The Hall–Kier alpha value is -2.44. The first-order valence-corrected chi connectivity index (χ1v) is 8.06. The average molecular weight is 343 g/mol. The minimum Gasteiger partial charge on any atom is -0.378 e. The number of fused-ring (bicyclic) bond motifs is 1. The van der Waals surface area contributed by atoms with Gasteiger partial charge in [-0.25, -0.2) is 9.97 Å². The van der Waals surface area contributed by atoms with Gasteiger partial charge in [0.2, 0.25) is 5.95 Å². The van der Waals surface area contributed by atoms with Crippen molar-refractivity contribution in [3.63, 3.8) is 0 Å². The topological polar surface area (TPSA) is 67.4 Å². The van der Waals surface area contributed by atoms with Crippen molar-refractivity contribution in [1.29, 1.82) is 0 Å². The van der Waals surface area contributed by atoms with E-state index in [1.54, 1.807) is 30.6 Å². The second-order valence-corrected chi connectivity index (χ2v) is 6.05. The summed E-state index contributed by atoms with van der Waals surface area (Å²) in [5.41, 5.74) is 2.93. The molecule has 0 spiro atoms. The Balaban J connectivity index is 1.61. The highest BCUT2D eigenvalue weighted by Crippen LogP contribution is 2.34. The lowest BCUT2D eigenvalue weighted by Gasteiger charge is -2.26. The van der Waals surface area contributed by atoms with Gasteiger partial charge in [0.25, 0.3) is 5.91 Å². The van der Waals surface area contributed by atoms with Gasteiger partial charge < -0.3 is 15.0 Å². The molecule has 0 unspecified atom stereocenters. The molecule has 6 nitrogen and oxygen atoms in total. The number of nitrogens with one attached hydrogen (secondary N) is 1. The monoisotopic (exact) mass is 342 g/mol. The smallest absolute Gasteiger partial charge is 0.256 e. The van der Waals surface area contributed by atoms with Gasteiger partial charge in [0, 0.05) is 47.2 Å². The highest BCUT2D eigenvalue weighted by atomic mass is 35.5. The Kier molecular flexibility index (Phi) is 3.92. The second kappa shape index (κ2) is 6.22. The number of amides is 1. The molecule has 1 amide bonds. The third-order valence-corrected chi connectivity index (χ3v) is 4.26. The number of rotatable bonds is 2. The van der Waals surface area contributed by atoms with Crippen molar-refractivity contribution < 1.29 is 9.53 Å². The molecule has 2 aromatic rings. The number of nitrogens with zero attached hydrogens (tertiary/aromatic N) is 3. The molecule has 2 aliphatic heterocycles. The summed E-state index contributed by atoms with van der Waals surface area (Å²) in [5, 5.41) is 3.41. The largest absolute Gasteiger partial charge is 0.378 e. The maximum atomic E-state index is 12.2. The van der Waals surface area contributed by atoms with Crippen LogP contribution in [0.1, 0.15) is 11.1 Å². The zero-order valence-corrected chi connectivity index (χ0v) is 13.6. The van der Waals surface area contributed by atoms with Crippen molar-refractivity contribution in [2.45, 2.75) is 0 Å². The van der Waals surface area contributed by atoms with E-state index in [1.165, 1.54) is 0 Å². The average Bonchev–Trinajstić information content (AvgIpc) is 2.91. The van der Waals surface area contributed by atoms with E-state index in [0.717, 1.165) is 29.9 Å². The van der Waals surface area contributed by atoms with E-state index in [2.05, 4.69) is 20.2 Å². The first kappa shape index (κ1) is 15.1. The molecule has 1 fully saturated rings. The molecule has 4 rings (SSSR count). The van der Waals surface area contributed by atoms with Crippen molar-refractivity contribution in [2.75, 3.05) is 36.5 Å². The number of benzene rings is 1. The summed E-state index contributed by atoms with van der Waals surface area (Å²) >= 11 is 5.97. The quantitative estimate of drug-likeness (QED) is 0.849. The molecule has 2 aliphatic rings. The second-order valence-electron chi connectivity index (χ2n) is 5.62. The van der Waals surface area contributed by atoms with E-state index in [9.17, 15) is 4.79 Å². The molecule has 0 saturated carbocycles. The summed E-state index contributed by atoms with van der Waals surface area (Å²) in [4.78, 5) is 23.1. The Labute approximate surface area is 144 Å². The molecule has 7 heteroatoms. The Bertz CT molecular complexity index is 814. The number of halogens is 1. The number of anilines is 2. The van der Waals surface area contributed by atoms with E-state index >= 15 is 0 Å². The Morgan fingerprint density at radius 1 is 1.21 bits per heavy atom. The highest BCUT2D eigenvalue weighted by molar-refractivity contribution is 6.36. The fourth-order valence-corrected chi connectivity index (χ4v) is 2.98. The van der Waals surface area contributed by atoms with Crippen molar-refractivity contribution in [2.24, 2.45) is 0 Å². The number of carbonyl (C=O) groups excluding carboxylic acids is 1.